The van der Waals surface area contributed by atoms with Gasteiger partial charge in [-0.1, -0.05) is 12.1 Å². The Morgan fingerprint density at radius 2 is 1.67 bits per heavy atom. The summed E-state index contributed by atoms with van der Waals surface area (Å²) in [5.41, 5.74) is 3.78. The van der Waals surface area contributed by atoms with Crippen LogP contribution in [-0.4, -0.2) is 0 Å². The molecule has 0 bridgehead atoms. The topological polar surface area (TPSA) is 4.10 Å². The second-order valence-electron chi connectivity index (χ2n) is 3.89. The normalized spacial score (nSPS) is 11.0. The number of fused-ring (bicyclic) bond motifs is 3. The minimum absolute atomic E-state index is 1.24. The first-order chi connectivity index (χ1) is 7.34. The zero-order valence-electron chi connectivity index (χ0n) is 8.64. The van der Waals surface area contributed by atoms with Crippen molar-refractivity contribution < 1.29 is 4.40 Å². The lowest BCUT2D eigenvalue weighted by Crippen LogP contribution is -2.22. The summed E-state index contributed by atoms with van der Waals surface area (Å²) >= 11 is 0. The maximum atomic E-state index is 2.24. The van der Waals surface area contributed by atoms with Crippen LogP contribution in [-0.2, 0) is 0 Å². The van der Waals surface area contributed by atoms with Gasteiger partial charge in [0.25, 0.3) is 0 Å². The average Bonchev–Trinajstić information content (AvgIpc) is 2.29. The fourth-order valence-electron chi connectivity index (χ4n) is 1.99. The summed E-state index contributed by atoms with van der Waals surface area (Å²) in [6, 6.07) is 17.1. The SMILES string of the molecule is Cc1ccc2ccc3ccccc3[n+]2c1. The summed E-state index contributed by atoms with van der Waals surface area (Å²) < 4.78 is 2.24. The number of rotatable bonds is 0. The van der Waals surface area contributed by atoms with Crippen LogP contribution in [0.15, 0.2) is 54.7 Å². The molecule has 0 radical (unpaired) electrons. The smallest absolute Gasteiger partial charge is 0.160 e. The van der Waals surface area contributed by atoms with E-state index in [0.29, 0.717) is 0 Å². The third kappa shape index (κ3) is 1.28. The zero-order chi connectivity index (χ0) is 10.3. The molecule has 2 aromatic heterocycles. The van der Waals surface area contributed by atoms with E-state index < -0.39 is 0 Å². The molecule has 0 saturated heterocycles. The first kappa shape index (κ1) is 8.42. The van der Waals surface area contributed by atoms with Crippen LogP contribution in [0.4, 0.5) is 0 Å². The lowest BCUT2D eigenvalue weighted by Gasteiger charge is -1.97. The van der Waals surface area contributed by atoms with Crippen LogP contribution in [0.25, 0.3) is 16.4 Å². The van der Waals surface area contributed by atoms with E-state index in [4.69, 9.17) is 0 Å². The van der Waals surface area contributed by atoms with Gasteiger partial charge in [0.2, 0.25) is 11.0 Å². The maximum Gasteiger partial charge on any atom is 0.218 e. The number of nitrogens with zero attached hydrogens (tertiary/aromatic N) is 1. The predicted octanol–water partition coefficient (Wildman–Crippen LogP) is 2.89. The van der Waals surface area contributed by atoms with Crippen molar-refractivity contribution in [3.8, 4) is 0 Å². The van der Waals surface area contributed by atoms with Crippen molar-refractivity contribution in [2.24, 2.45) is 0 Å². The molecule has 1 heteroatoms. The highest BCUT2D eigenvalue weighted by Crippen LogP contribution is 2.11. The second kappa shape index (κ2) is 3.06. The van der Waals surface area contributed by atoms with E-state index in [1.54, 1.807) is 0 Å². The van der Waals surface area contributed by atoms with E-state index in [2.05, 4.69) is 66.1 Å². The van der Waals surface area contributed by atoms with Crippen molar-refractivity contribution in [2.45, 2.75) is 6.92 Å². The van der Waals surface area contributed by atoms with Gasteiger partial charge in [-0.25, -0.2) is 0 Å². The molecule has 1 nitrogen and oxygen atoms in total. The van der Waals surface area contributed by atoms with Crippen molar-refractivity contribution in [3.63, 3.8) is 0 Å². The Morgan fingerprint density at radius 3 is 2.60 bits per heavy atom. The maximum absolute atomic E-state index is 2.24. The molecule has 0 fully saturated rings. The molecule has 1 aromatic carbocycles. The summed E-state index contributed by atoms with van der Waals surface area (Å²) in [4.78, 5) is 0. The number of hydrogen-bond acceptors (Lipinski definition) is 0. The molecule has 15 heavy (non-hydrogen) atoms. The molecule has 0 spiro atoms. The molecule has 0 aliphatic heterocycles. The molecule has 3 aromatic rings. The van der Waals surface area contributed by atoms with E-state index in [9.17, 15) is 0 Å². The largest absolute Gasteiger partial charge is 0.218 e. The fraction of sp³-hybridized carbons (Fsp3) is 0.0714. The first-order valence-electron chi connectivity index (χ1n) is 5.14. The van der Waals surface area contributed by atoms with Crippen molar-refractivity contribution >= 4 is 16.4 Å². The molecule has 72 valence electrons. The summed E-state index contributed by atoms with van der Waals surface area (Å²) in [5.74, 6) is 0. The molecule has 0 aliphatic carbocycles. The van der Waals surface area contributed by atoms with Crippen LogP contribution in [0.3, 0.4) is 0 Å². The predicted molar refractivity (Wildman–Crippen MR) is 61.8 cm³/mol. The van der Waals surface area contributed by atoms with Gasteiger partial charge in [-0.05, 0) is 25.1 Å². The first-order valence-corrected chi connectivity index (χ1v) is 5.14. The van der Waals surface area contributed by atoms with Crippen LogP contribution >= 0.6 is 0 Å². The number of benzene rings is 1. The zero-order valence-corrected chi connectivity index (χ0v) is 8.64. The van der Waals surface area contributed by atoms with Crippen molar-refractivity contribution in [1.82, 2.24) is 0 Å². The van der Waals surface area contributed by atoms with Gasteiger partial charge in [-0.3, -0.25) is 0 Å². The van der Waals surface area contributed by atoms with Gasteiger partial charge in [-0.15, -0.1) is 0 Å². The molecule has 0 aliphatic rings. The Morgan fingerprint density at radius 1 is 0.867 bits per heavy atom. The van der Waals surface area contributed by atoms with Gasteiger partial charge >= 0.3 is 0 Å². The molecule has 2 heterocycles. The van der Waals surface area contributed by atoms with Crippen molar-refractivity contribution in [3.05, 3.63) is 60.3 Å². The van der Waals surface area contributed by atoms with Gasteiger partial charge in [0.15, 0.2) is 6.20 Å². The highest BCUT2D eigenvalue weighted by atomic mass is 14.9. The Balaban J connectivity index is 2.57. The lowest BCUT2D eigenvalue weighted by atomic mass is 10.2. The summed E-state index contributed by atoms with van der Waals surface area (Å²) in [7, 11) is 0. The van der Waals surface area contributed by atoms with Gasteiger partial charge < -0.3 is 0 Å². The minimum Gasteiger partial charge on any atom is -0.160 e. The van der Waals surface area contributed by atoms with Crippen LogP contribution in [0.5, 0.6) is 0 Å². The summed E-state index contributed by atoms with van der Waals surface area (Å²) in [5, 5.41) is 1.28. The second-order valence-corrected chi connectivity index (χ2v) is 3.89. The summed E-state index contributed by atoms with van der Waals surface area (Å²) in [6.07, 6.45) is 2.18. The van der Waals surface area contributed by atoms with Crippen LogP contribution < -0.4 is 4.40 Å². The average molecular weight is 194 g/mol. The Hall–Kier alpha value is -1.89. The Labute approximate surface area is 88.6 Å². The number of para-hydroxylation sites is 1. The van der Waals surface area contributed by atoms with Crippen molar-refractivity contribution in [1.29, 1.82) is 0 Å². The minimum atomic E-state index is 1.24. The molecular weight excluding hydrogens is 182 g/mol. The molecule has 0 saturated carbocycles. The van der Waals surface area contributed by atoms with Crippen LogP contribution in [0.2, 0.25) is 0 Å². The van der Waals surface area contributed by atoms with Crippen LogP contribution in [0, 0.1) is 6.92 Å². The number of aryl methyl sites for hydroxylation is 1. The van der Waals surface area contributed by atoms with E-state index in [1.807, 2.05) is 0 Å². The summed E-state index contributed by atoms with van der Waals surface area (Å²) in [6.45, 7) is 2.12. The van der Waals surface area contributed by atoms with E-state index in [1.165, 1.54) is 22.0 Å². The Kier molecular flexibility index (Phi) is 1.72. The molecular formula is C14H12N+. The molecule has 0 N–H and O–H groups in total. The molecule has 0 atom stereocenters. The standard InChI is InChI=1S/C14H12N/c1-11-6-8-13-9-7-12-4-2-3-5-14(12)15(13)10-11/h2-10H,1H3/q+1. The highest BCUT2D eigenvalue weighted by molar-refractivity contribution is 5.77. The monoisotopic (exact) mass is 194 g/mol. The van der Waals surface area contributed by atoms with E-state index in [-0.39, 0.29) is 0 Å². The quantitative estimate of drug-likeness (QED) is 0.383. The van der Waals surface area contributed by atoms with E-state index >= 15 is 0 Å². The molecule has 0 amide bonds. The number of hydrogen-bond donors (Lipinski definition) is 0. The van der Waals surface area contributed by atoms with Gasteiger partial charge in [0, 0.05) is 29.1 Å². The number of aromatic nitrogens is 1. The van der Waals surface area contributed by atoms with Gasteiger partial charge in [-0.2, -0.15) is 4.40 Å². The third-order valence-corrected chi connectivity index (χ3v) is 2.76. The van der Waals surface area contributed by atoms with E-state index in [0.717, 1.165) is 0 Å². The Bertz CT molecular complexity index is 641. The molecule has 0 unspecified atom stereocenters. The highest BCUT2D eigenvalue weighted by Gasteiger charge is 2.07. The van der Waals surface area contributed by atoms with Crippen LogP contribution in [0.1, 0.15) is 5.56 Å². The van der Waals surface area contributed by atoms with Crippen molar-refractivity contribution in [2.75, 3.05) is 0 Å². The lowest BCUT2D eigenvalue weighted by molar-refractivity contribution is -0.482. The van der Waals surface area contributed by atoms with Gasteiger partial charge in [0.05, 0.1) is 0 Å². The fourth-order valence-corrected chi connectivity index (χ4v) is 1.99. The molecule has 3 rings (SSSR count). The third-order valence-electron chi connectivity index (χ3n) is 2.76. The number of pyridine rings is 2. The van der Waals surface area contributed by atoms with Gasteiger partial charge in [0.1, 0.15) is 0 Å².